The predicted molar refractivity (Wildman–Crippen MR) is 61.2 cm³/mol. The highest BCUT2D eigenvalue weighted by Gasteiger charge is 2.23. The molecule has 0 aromatic rings. The molecule has 13 heavy (non-hydrogen) atoms. The molecule has 0 radical (unpaired) electrons. The summed E-state index contributed by atoms with van der Waals surface area (Å²) in [5.41, 5.74) is 2.24. The van der Waals surface area contributed by atoms with Crippen LogP contribution in [0.25, 0.3) is 0 Å². The van der Waals surface area contributed by atoms with Crippen molar-refractivity contribution < 1.29 is 0 Å². The average molecular weight is 195 g/mol. The third-order valence-electron chi connectivity index (χ3n) is 3.05. The van der Waals surface area contributed by atoms with E-state index in [0.29, 0.717) is 0 Å². The molecule has 74 valence electrons. The van der Waals surface area contributed by atoms with Crippen LogP contribution in [0.4, 0.5) is 0 Å². The molecule has 0 saturated carbocycles. The van der Waals surface area contributed by atoms with Gasteiger partial charge in [-0.05, 0) is 6.42 Å². The Hall–Kier alpha value is -0.553. The van der Waals surface area contributed by atoms with Crippen molar-refractivity contribution >= 4 is 8.07 Å². The molecule has 0 aliphatic heterocycles. The van der Waals surface area contributed by atoms with E-state index in [0.717, 1.165) is 12.8 Å². The second-order valence-corrected chi connectivity index (χ2v) is 8.69. The molecule has 2 heteroatoms. The van der Waals surface area contributed by atoms with Crippen molar-refractivity contribution in [2.75, 3.05) is 0 Å². The molecule has 0 aromatic carbocycles. The molecule has 0 fully saturated rings. The van der Waals surface area contributed by atoms with Gasteiger partial charge in [0.2, 0.25) is 0 Å². The van der Waals surface area contributed by atoms with E-state index in [9.17, 15) is 0 Å². The van der Waals surface area contributed by atoms with Crippen LogP contribution in [0.2, 0.25) is 18.1 Å². The van der Waals surface area contributed by atoms with Gasteiger partial charge >= 0.3 is 0 Å². The summed E-state index contributed by atoms with van der Waals surface area (Å²) in [6.07, 6.45) is 3.00. The molecular weight excluding hydrogens is 174 g/mol. The van der Waals surface area contributed by atoms with Crippen molar-refractivity contribution in [2.45, 2.75) is 51.2 Å². The van der Waals surface area contributed by atoms with Crippen molar-refractivity contribution in [2.24, 2.45) is 0 Å². The molecule has 0 aliphatic rings. The van der Waals surface area contributed by atoms with Crippen LogP contribution in [-0.2, 0) is 0 Å². The topological polar surface area (TPSA) is 23.8 Å². The summed E-state index contributed by atoms with van der Waals surface area (Å²) in [6.45, 7) is 8.53. The van der Waals surface area contributed by atoms with Gasteiger partial charge in [-0.15, -0.1) is 12.3 Å². The van der Waals surface area contributed by atoms with Gasteiger partial charge in [-0.2, -0.15) is 5.26 Å². The Bertz CT molecular complexity index is 177. The van der Waals surface area contributed by atoms with E-state index >= 15 is 0 Å². The fourth-order valence-corrected chi connectivity index (χ4v) is 4.62. The normalized spacial score (nSPS) is 10.8. The Morgan fingerprint density at radius 1 is 1.31 bits per heavy atom. The van der Waals surface area contributed by atoms with Crippen molar-refractivity contribution in [1.29, 1.82) is 5.26 Å². The van der Waals surface area contributed by atoms with Gasteiger partial charge in [0.1, 0.15) is 0 Å². The average Bonchev–Trinajstić information content (AvgIpc) is 2.20. The number of nitriles is 1. The monoisotopic (exact) mass is 195 g/mol. The second kappa shape index (κ2) is 6.91. The number of nitrogens with zero attached hydrogens (tertiary/aromatic N) is 1. The van der Waals surface area contributed by atoms with Crippen molar-refractivity contribution in [3.8, 4) is 6.07 Å². The lowest BCUT2D eigenvalue weighted by molar-refractivity contribution is 0.805. The van der Waals surface area contributed by atoms with E-state index < -0.39 is 8.07 Å². The molecule has 0 unspecified atom stereocenters. The predicted octanol–water partition coefficient (Wildman–Crippen LogP) is 3.89. The third kappa shape index (κ3) is 4.28. The fraction of sp³-hybridized carbons (Fsp3) is 0.727. The Labute approximate surface area is 83.5 Å². The van der Waals surface area contributed by atoms with Gasteiger partial charge in [-0.25, -0.2) is 0 Å². The van der Waals surface area contributed by atoms with Gasteiger partial charge in [0.25, 0.3) is 0 Å². The minimum atomic E-state index is -1.11. The summed E-state index contributed by atoms with van der Waals surface area (Å²) in [7, 11) is -1.11. The quantitative estimate of drug-likeness (QED) is 0.446. The molecule has 0 atom stereocenters. The van der Waals surface area contributed by atoms with Crippen LogP contribution in [0.15, 0.2) is 12.3 Å². The Morgan fingerprint density at radius 3 is 2.31 bits per heavy atom. The van der Waals surface area contributed by atoms with Crippen LogP contribution >= 0.6 is 0 Å². The van der Waals surface area contributed by atoms with E-state index in [1.54, 1.807) is 0 Å². The SMILES string of the molecule is C=C[Si](CC)(CC)CCCCC#N. The first-order valence-electron chi connectivity index (χ1n) is 5.25. The lowest BCUT2D eigenvalue weighted by Gasteiger charge is -2.24. The first-order valence-corrected chi connectivity index (χ1v) is 7.95. The van der Waals surface area contributed by atoms with Crippen molar-refractivity contribution in [1.82, 2.24) is 0 Å². The molecule has 0 aromatic heterocycles. The molecule has 0 aliphatic carbocycles. The van der Waals surface area contributed by atoms with Crippen molar-refractivity contribution in [3.63, 3.8) is 0 Å². The summed E-state index contributed by atoms with van der Waals surface area (Å²) >= 11 is 0. The smallest absolute Gasteiger partial charge is 0.0765 e. The standard InChI is InChI=1S/C11H21NSi/c1-4-13(5-2,6-3)11-9-7-8-10-12/h4H,1,5-9,11H2,2-3H3. The van der Waals surface area contributed by atoms with E-state index in [2.05, 4.69) is 32.2 Å². The zero-order valence-electron chi connectivity index (χ0n) is 8.97. The third-order valence-corrected chi connectivity index (χ3v) is 8.09. The van der Waals surface area contributed by atoms with Crippen LogP contribution in [0.1, 0.15) is 33.1 Å². The van der Waals surface area contributed by atoms with Crippen LogP contribution in [0.3, 0.4) is 0 Å². The van der Waals surface area contributed by atoms with Crippen molar-refractivity contribution in [3.05, 3.63) is 12.3 Å². The number of hydrogen-bond donors (Lipinski definition) is 0. The van der Waals surface area contributed by atoms with E-state index in [1.807, 2.05) is 0 Å². The first kappa shape index (κ1) is 12.4. The minimum absolute atomic E-state index is 0.717. The summed E-state index contributed by atoms with van der Waals surface area (Å²) in [6, 6.07) is 6.13. The van der Waals surface area contributed by atoms with Gasteiger partial charge in [0.05, 0.1) is 14.1 Å². The Morgan fingerprint density at radius 2 is 1.92 bits per heavy atom. The summed E-state index contributed by atoms with van der Waals surface area (Å²) in [5, 5.41) is 8.41. The molecule has 0 N–H and O–H groups in total. The summed E-state index contributed by atoms with van der Waals surface area (Å²) in [5.74, 6) is 0. The van der Waals surface area contributed by atoms with Gasteiger partial charge < -0.3 is 0 Å². The zero-order chi connectivity index (χ0) is 10.2. The largest absolute Gasteiger partial charge is 0.198 e. The van der Waals surface area contributed by atoms with E-state index in [-0.39, 0.29) is 0 Å². The van der Waals surface area contributed by atoms with E-state index in [4.69, 9.17) is 5.26 Å². The lowest BCUT2D eigenvalue weighted by Crippen LogP contribution is -2.29. The van der Waals surface area contributed by atoms with Gasteiger partial charge in [0, 0.05) is 6.42 Å². The highest BCUT2D eigenvalue weighted by Crippen LogP contribution is 2.24. The molecular formula is C11H21NSi. The maximum absolute atomic E-state index is 8.41. The lowest BCUT2D eigenvalue weighted by atomic mass is 10.3. The number of unbranched alkanes of at least 4 members (excludes halogenated alkanes) is 2. The van der Waals surface area contributed by atoms with Gasteiger partial charge in [0.15, 0.2) is 0 Å². The Kier molecular flexibility index (Phi) is 6.62. The molecule has 0 bridgehead atoms. The van der Waals surface area contributed by atoms with Crippen LogP contribution in [0.5, 0.6) is 0 Å². The molecule has 0 amide bonds. The second-order valence-electron chi connectivity index (χ2n) is 3.64. The fourth-order valence-electron chi connectivity index (χ4n) is 1.68. The maximum Gasteiger partial charge on any atom is 0.0765 e. The molecule has 0 spiro atoms. The zero-order valence-corrected chi connectivity index (χ0v) is 9.97. The summed E-state index contributed by atoms with van der Waals surface area (Å²) < 4.78 is 0. The van der Waals surface area contributed by atoms with Crippen LogP contribution in [-0.4, -0.2) is 8.07 Å². The Balaban J connectivity index is 3.83. The number of rotatable bonds is 7. The maximum atomic E-state index is 8.41. The highest BCUT2D eigenvalue weighted by atomic mass is 28.3. The molecule has 0 saturated heterocycles. The van der Waals surface area contributed by atoms with E-state index in [1.165, 1.54) is 24.6 Å². The first-order chi connectivity index (χ1) is 6.24. The molecule has 0 rings (SSSR count). The number of hydrogen-bond acceptors (Lipinski definition) is 1. The van der Waals surface area contributed by atoms with Gasteiger partial charge in [-0.3, -0.25) is 0 Å². The molecule has 1 nitrogen and oxygen atoms in total. The minimum Gasteiger partial charge on any atom is -0.198 e. The summed E-state index contributed by atoms with van der Waals surface area (Å²) in [4.78, 5) is 0. The highest BCUT2D eigenvalue weighted by molar-refractivity contribution is 6.84. The van der Waals surface area contributed by atoms with Crippen LogP contribution < -0.4 is 0 Å². The van der Waals surface area contributed by atoms with Crippen LogP contribution in [0, 0.1) is 11.3 Å². The van der Waals surface area contributed by atoms with Gasteiger partial charge in [-0.1, -0.05) is 38.4 Å². The molecule has 0 heterocycles.